The van der Waals surface area contributed by atoms with E-state index in [1.807, 2.05) is 0 Å². The summed E-state index contributed by atoms with van der Waals surface area (Å²) in [5.41, 5.74) is 0.998. The Morgan fingerprint density at radius 3 is 1.61 bits per heavy atom. The molecule has 120 valence electrons. The van der Waals surface area contributed by atoms with Crippen molar-refractivity contribution in [3.63, 3.8) is 0 Å². The monoisotopic (exact) mass is 377 g/mol. The van der Waals surface area contributed by atoms with E-state index < -0.39 is 21.4 Å². The summed E-state index contributed by atoms with van der Waals surface area (Å²) in [6, 6.07) is 10.5. The molecule has 0 aliphatic carbocycles. The molecule has 2 aromatic carbocycles. The molecule has 0 aliphatic heterocycles. The molecule has 23 heavy (non-hydrogen) atoms. The van der Waals surface area contributed by atoms with Crippen LogP contribution in [-0.4, -0.2) is 15.5 Å². The van der Waals surface area contributed by atoms with Gasteiger partial charge in [0.1, 0.15) is 17.3 Å². The summed E-state index contributed by atoms with van der Waals surface area (Å²) in [5, 5.41) is 3.66. The third-order valence-corrected chi connectivity index (χ3v) is 3.15. The Hall–Kier alpha value is -1.69. The van der Waals surface area contributed by atoms with Gasteiger partial charge in [-0.15, -0.1) is 0 Å². The van der Waals surface area contributed by atoms with Crippen LogP contribution in [0.25, 0.3) is 0 Å². The fourth-order valence-corrected chi connectivity index (χ4v) is 1.73. The van der Waals surface area contributed by atoms with Crippen molar-refractivity contribution in [3.8, 4) is 0 Å². The highest BCUT2D eigenvalue weighted by Crippen LogP contribution is 2.27. The molecule has 0 aromatic heterocycles. The molecule has 0 aliphatic rings. The maximum atomic E-state index is 13.0. The maximum Gasteiger partial charge on any atom is 0.386 e. The van der Waals surface area contributed by atoms with Crippen LogP contribution in [0.1, 0.15) is 11.1 Å². The SMILES string of the molecule is O=C(ON=C(c1ccc(F)cc1)c1ccc(F)cc1)C(Cl)(Cl)Cl. The van der Waals surface area contributed by atoms with E-state index in [2.05, 4.69) is 9.99 Å². The van der Waals surface area contributed by atoms with Crippen LogP contribution >= 0.6 is 34.8 Å². The highest BCUT2D eigenvalue weighted by Gasteiger charge is 2.33. The lowest BCUT2D eigenvalue weighted by Crippen LogP contribution is -2.20. The first-order valence-corrected chi connectivity index (χ1v) is 7.29. The van der Waals surface area contributed by atoms with Crippen molar-refractivity contribution in [1.82, 2.24) is 0 Å². The van der Waals surface area contributed by atoms with Crippen LogP contribution in [0.4, 0.5) is 8.78 Å². The lowest BCUT2D eigenvalue weighted by molar-refractivity contribution is -0.142. The average Bonchev–Trinajstić information content (AvgIpc) is 2.49. The summed E-state index contributed by atoms with van der Waals surface area (Å²) >= 11 is 16.2. The standard InChI is InChI=1S/C15H8Cl3F2NO2/c16-15(17,18)14(22)23-21-13(9-1-5-11(19)6-2-9)10-3-7-12(20)8-4-10/h1-8H. The fourth-order valence-electron chi connectivity index (χ4n) is 1.63. The van der Waals surface area contributed by atoms with Gasteiger partial charge in [-0.1, -0.05) is 40.0 Å². The van der Waals surface area contributed by atoms with E-state index in [1.165, 1.54) is 48.5 Å². The van der Waals surface area contributed by atoms with Crippen molar-refractivity contribution in [2.24, 2.45) is 5.16 Å². The van der Waals surface area contributed by atoms with Crippen molar-refractivity contribution in [2.75, 3.05) is 0 Å². The van der Waals surface area contributed by atoms with E-state index in [4.69, 9.17) is 34.8 Å². The lowest BCUT2D eigenvalue weighted by Gasteiger charge is -2.09. The molecule has 0 heterocycles. The van der Waals surface area contributed by atoms with E-state index in [9.17, 15) is 13.6 Å². The lowest BCUT2D eigenvalue weighted by atomic mass is 10.0. The Kier molecular flexibility index (Phi) is 5.57. The van der Waals surface area contributed by atoms with Crippen LogP contribution in [0.2, 0.25) is 0 Å². The third-order valence-electron chi connectivity index (χ3n) is 2.69. The summed E-state index contributed by atoms with van der Waals surface area (Å²) in [6.45, 7) is 0. The van der Waals surface area contributed by atoms with Gasteiger partial charge in [0.25, 0.3) is 3.79 Å². The molecule has 0 radical (unpaired) electrons. The van der Waals surface area contributed by atoms with Gasteiger partial charge in [-0.25, -0.2) is 13.6 Å². The normalized spacial score (nSPS) is 11.0. The van der Waals surface area contributed by atoms with Crippen LogP contribution < -0.4 is 0 Å². The van der Waals surface area contributed by atoms with Gasteiger partial charge in [0, 0.05) is 11.1 Å². The van der Waals surface area contributed by atoms with Crippen molar-refractivity contribution in [2.45, 2.75) is 3.79 Å². The van der Waals surface area contributed by atoms with Crippen LogP contribution in [0.3, 0.4) is 0 Å². The van der Waals surface area contributed by atoms with Gasteiger partial charge in [0.05, 0.1) is 0 Å². The van der Waals surface area contributed by atoms with E-state index in [-0.39, 0.29) is 5.71 Å². The Morgan fingerprint density at radius 1 is 0.870 bits per heavy atom. The number of benzene rings is 2. The molecule has 0 fully saturated rings. The minimum Gasteiger partial charge on any atom is -0.313 e. The molecule has 0 bridgehead atoms. The summed E-state index contributed by atoms with van der Waals surface area (Å²) in [7, 11) is 0. The topological polar surface area (TPSA) is 38.7 Å². The second-order valence-electron chi connectivity index (χ2n) is 4.33. The molecule has 0 unspecified atom stereocenters. The van der Waals surface area contributed by atoms with Gasteiger partial charge >= 0.3 is 5.97 Å². The highest BCUT2D eigenvalue weighted by molar-refractivity contribution is 6.75. The van der Waals surface area contributed by atoms with Crippen molar-refractivity contribution in [1.29, 1.82) is 0 Å². The Labute approximate surface area is 145 Å². The number of alkyl halides is 3. The number of rotatable bonds is 3. The fraction of sp³-hybridized carbons (Fsp3) is 0.0667. The minimum atomic E-state index is -2.29. The molecule has 0 N–H and O–H groups in total. The number of oxime groups is 1. The summed E-state index contributed by atoms with van der Waals surface area (Å²) < 4.78 is 23.8. The number of hydrogen-bond donors (Lipinski definition) is 0. The first kappa shape index (κ1) is 17.7. The third kappa shape index (κ3) is 4.89. The second-order valence-corrected chi connectivity index (χ2v) is 6.61. The van der Waals surface area contributed by atoms with Crippen LogP contribution in [0.5, 0.6) is 0 Å². The zero-order valence-corrected chi connectivity index (χ0v) is 13.5. The number of halogens is 5. The van der Waals surface area contributed by atoms with Crippen molar-refractivity contribution >= 4 is 46.5 Å². The predicted molar refractivity (Wildman–Crippen MR) is 84.8 cm³/mol. The van der Waals surface area contributed by atoms with E-state index in [1.54, 1.807) is 0 Å². The van der Waals surface area contributed by atoms with Crippen LogP contribution in [0.15, 0.2) is 53.7 Å². The molecule has 2 rings (SSSR count). The number of carbonyl (C=O) groups is 1. The zero-order valence-electron chi connectivity index (χ0n) is 11.3. The summed E-state index contributed by atoms with van der Waals surface area (Å²) in [5.74, 6) is -2.11. The summed E-state index contributed by atoms with van der Waals surface area (Å²) in [6.07, 6.45) is 0. The minimum absolute atomic E-state index is 0.146. The Bertz CT molecular complexity index is 678. The van der Waals surface area contributed by atoms with Gasteiger partial charge in [0.2, 0.25) is 0 Å². The van der Waals surface area contributed by atoms with Crippen molar-refractivity contribution < 1.29 is 18.4 Å². The molecule has 0 amide bonds. The number of carbonyl (C=O) groups excluding carboxylic acids is 1. The summed E-state index contributed by atoms with van der Waals surface area (Å²) in [4.78, 5) is 16.1. The molecule has 2 aromatic rings. The van der Waals surface area contributed by atoms with Gasteiger partial charge in [-0.05, 0) is 48.5 Å². The first-order valence-electron chi connectivity index (χ1n) is 6.15. The van der Waals surface area contributed by atoms with Gasteiger partial charge in [-0.3, -0.25) is 0 Å². The average molecular weight is 379 g/mol. The van der Waals surface area contributed by atoms with Gasteiger partial charge < -0.3 is 4.84 Å². The second kappa shape index (κ2) is 7.25. The first-order chi connectivity index (χ1) is 10.8. The molecular weight excluding hydrogens is 371 g/mol. The largest absolute Gasteiger partial charge is 0.386 e. The van der Waals surface area contributed by atoms with E-state index >= 15 is 0 Å². The van der Waals surface area contributed by atoms with Crippen molar-refractivity contribution in [3.05, 3.63) is 71.3 Å². The van der Waals surface area contributed by atoms with Crippen LogP contribution in [0, 0.1) is 11.6 Å². The number of hydrogen-bond acceptors (Lipinski definition) is 3. The van der Waals surface area contributed by atoms with E-state index in [0.29, 0.717) is 11.1 Å². The quantitative estimate of drug-likeness (QED) is 0.338. The molecule has 3 nitrogen and oxygen atoms in total. The van der Waals surface area contributed by atoms with Gasteiger partial charge in [-0.2, -0.15) is 0 Å². The number of nitrogens with zero attached hydrogens (tertiary/aromatic N) is 1. The smallest absolute Gasteiger partial charge is 0.313 e. The molecule has 0 saturated heterocycles. The van der Waals surface area contributed by atoms with Gasteiger partial charge in [0.15, 0.2) is 0 Å². The van der Waals surface area contributed by atoms with Crippen LogP contribution in [-0.2, 0) is 9.63 Å². The Balaban J connectivity index is 2.41. The molecule has 0 atom stereocenters. The highest BCUT2D eigenvalue weighted by atomic mass is 35.6. The maximum absolute atomic E-state index is 13.0. The molecule has 0 spiro atoms. The molecule has 0 saturated carbocycles. The Morgan fingerprint density at radius 2 is 1.26 bits per heavy atom. The predicted octanol–water partition coefficient (Wildman–Crippen LogP) is 4.63. The zero-order chi connectivity index (χ0) is 17.0. The molecule has 8 heteroatoms. The van der Waals surface area contributed by atoms with E-state index in [0.717, 1.165) is 0 Å². The molecular formula is C15H8Cl3F2NO2.